The number of carbonyl (C=O) groups excluding carboxylic acids is 2. The normalized spacial score (nSPS) is 18.1. The number of para-hydroxylation sites is 1. The van der Waals surface area contributed by atoms with Crippen LogP contribution in [0.15, 0.2) is 36.4 Å². The quantitative estimate of drug-likeness (QED) is 0.882. The first-order valence-corrected chi connectivity index (χ1v) is 8.29. The van der Waals surface area contributed by atoms with Crippen molar-refractivity contribution in [3.05, 3.63) is 47.5 Å². The van der Waals surface area contributed by atoms with Crippen molar-refractivity contribution in [2.24, 2.45) is 0 Å². The largest absolute Gasteiger partial charge is 0.493 e. The average molecular weight is 338 g/mol. The van der Waals surface area contributed by atoms with Gasteiger partial charge in [-0.3, -0.25) is 9.59 Å². The Morgan fingerprint density at radius 2 is 2.16 bits per heavy atom. The van der Waals surface area contributed by atoms with Crippen molar-refractivity contribution in [3.63, 3.8) is 0 Å². The van der Waals surface area contributed by atoms with Crippen LogP contribution in [0.1, 0.15) is 29.3 Å². The first kappa shape index (κ1) is 15.5. The van der Waals surface area contributed by atoms with Gasteiger partial charge < -0.3 is 20.1 Å². The number of hydrogen-bond donors (Lipinski definition) is 2. The van der Waals surface area contributed by atoms with Gasteiger partial charge in [0.05, 0.1) is 17.9 Å². The summed E-state index contributed by atoms with van der Waals surface area (Å²) < 4.78 is 11.2. The van der Waals surface area contributed by atoms with Gasteiger partial charge in [-0.05, 0) is 55.7 Å². The molecule has 2 aromatic carbocycles. The number of hydrogen-bond acceptors (Lipinski definition) is 4. The molecule has 2 aliphatic rings. The fourth-order valence-corrected chi connectivity index (χ4v) is 3.04. The van der Waals surface area contributed by atoms with E-state index in [2.05, 4.69) is 10.6 Å². The van der Waals surface area contributed by atoms with Crippen LogP contribution in [0.4, 0.5) is 11.4 Å². The SMILES string of the molecule is C[C@@H]1Oc2c(cccc2C(=O)Nc2ccc3c(c2)CCCO3)NC1=O. The van der Waals surface area contributed by atoms with Gasteiger partial charge in [-0.2, -0.15) is 0 Å². The lowest BCUT2D eigenvalue weighted by atomic mass is 10.1. The summed E-state index contributed by atoms with van der Waals surface area (Å²) >= 11 is 0. The van der Waals surface area contributed by atoms with Gasteiger partial charge in [-0.25, -0.2) is 0 Å². The van der Waals surface area contributed by atoms with Gasteiger partial charge in [0.1, 0.15) is 5.75 Å². The monoisotopic (exact) mass is 338 g/mol. The Morgan fingerprint density at radius 3 is 3.04 bits per heavy atom. The van der Waals surface area contributed by atoms with Crippen LogP contribution >= 0.6 is 0 Å². The number of anilines is 2. The molecule has 0 aromatic heterocycles. The van der Waals surface area contributed by atoms with E-state index in [1.807, 2.05) is 18.2 Å². The molecule has 0 spiro atoms. The van der Waals surface area contributed by atoms with E-state index in [-0.39, 0.29) is 11.8 Å². The number of nitrogens with one attached hydrogen (secondary N) is 2. The zero-order valence-corrected chi connectivity index (χ0v) is 13.8. The Kier molecular flexibility index (Phi) is 3.80. The van der Waals surface area contributed by atoms with Crippen LogP contribution < -0.4 is 20.1 Å². The summed E-state index contributed by atoms with van der Waals surface area (Å²) in [5.74, 6) is 0.770. The van der Waals surface area contributed by atoms with Gasteiger partial charge in [-0.1, -0.05) is 6.07 Å². The van der Waals surface area contributed by atoms with Gasteiger partial charge in [0.2, 0.25) is 0 Å². The Bertz CT molecular complexity index is 862. The summed E-state index contributed by atoms with van der Waals surface area (Å²) in [5, 5.41) is 5.65. The average Bonchev–Trinajstić information content (AvgIpc) is 2.62. The maximum absolute atomic E-state index is 12.7. The Hall–Kier alpha value is -3.02. The van der Waals surface area contributed by atoms with E-state index in [9.17, 15) is 9.59 Å². The predicted octanol–water partition coefficient (Wildman–Crippen LogP) is 2.98. The molecule has 2 amide bonds. The first-order chi connectivity index (χ1) is 12.1. The van der Waals surface area contributed by atoms with Crippen molar-refractivity contribution in [2.75, 3.05) is 17.2 Å². The summed E-state index contributed by atoms with van der Waals surface area (Å²) in [4.78, 5) is 24.4. The Balaban J connectivity index is 1.60. The van der Waals surface area contributed by atoms with E-state index in [1.54, 1.807) is 25.1 Å². The molecule has 6 nitrogen and oxygen atoms in total. The number of carbonyl (C=O) groups is 2. The van der Waals surface area contributed by atoms with Gasteiger partial charge in [0, 0.05) is 5.69 Å². The highest BCUT2D eigenvalue weighted by atomic mass is 16.5. The Morgan fingerprint density at radius 1 is 1.28 bits per heavy atom. The van der Waals surface area contributed by atoms with Crippen LogP contribution in [0.25, 0.3) is 0 Å². The van der Waals surface area contributed by atoms with Gasteiger partial charge in [0.25, 0.3) is 11.8 Å². The van der Waals surface area contributed by atoms with E-state index in [0.29, 0.717) is 22.7 Å². The van der Waals surface area contributed by atoms with Gasteiger partial charge in [-0.15, -0.1) is 0 Å². The number of amides is 2. The Labute approximate surface area is 145 Å². The smallest absolute Gasteiger partial charge is 0.265 e. The third-order valence-corrected chi connectivity index (χ3v) is 4.35. The van der Waals surface area contributed by atoms with Crippen molar-refractivity contribution in [3.8, 4) is 11.5 Å². The lowest BCUT2D eigenvalue weighted by molar-refractivity contribution is -0.122. The molecule has 0 unspecified atom stereocenters. The topological polar surface area (TPSA) is 76.7 Å². The molecule has 4 rings (SSSR count). The van der Waals surface area contributed by atoms with Crippen molar-refractivity contribution in [1.29, 1.82) is 0 Å². The number of benzene rings is 2. The van der Waals surface area contributed by atoms with Crippen molar-refractivity contribution in [1.82, 2.24) is 0 Å². The molecule has 0 bridgehead atoms. The highest BCUT2D eigenvalue weighted by Crippen LogP contribution is 2.34. The molecule has 0 aliphatic carbocycles. The number of rotatable bonds is 2. The summed E-state index contributed by atoms with van der Waals surface area (Å²) in [6, 6.07) is 10.7. The summed E-state index contributed by atoms with van der Waals surface area (Å²) in [7, 11) is 0. The minimum absolute atomic E-state index is 0.222. The summed E-state index contributed by atoms with van der Waals surface area (Å²) in [6.45, 7) is 2.38. The van der Waals surface area contributed by atoms with E-state index < -0.39 is 6.10 Å². The van der Waals surface area contributed by atoms with Crippen LogP contribution in [-0.2, 0) is 11.2 Å². The zero-order chi connectivity index (χ0) is 17.4. The van der Waals surface area contributed by atoms with Crippen molar-refractivity contribution >= 4 is 23.2 Å². The fourth-order valence-electron chi connectivity index (χ4n) is 3.04. The van der Waals surface area contributed by atoms with Crippen LogP contribution in [0.5, 0.6) is 11.5 Å². The highest BCUT2D eigenvalue weighted by Gasteiger charge is 2.27. The molecule has 1 atom stereocenters. The van der Waals surface area contributed by atoms with E-state index in [4.69, 9.17) is 9.47 Å². The third-order valence-electron chi connectivity index (χ3n) is 4.35. The predicted molar refractivity (Wildman–Crippen MR) is 93.4 cm³/mol. The molecule has 2 aliphatic heterocycles. The van der Waals surface area contributed by atoms with E-state index >= 15 is 0 Å². The van der Waals surface area contributed by atoms with Crippen molar-refractivity contribution < 1.29 is 19.1 Å². The molecule has 2 N–H and O–H groups in total. The lowest BCUT2D eigenvalue weighted by Gasteiger charge is -2.25. The molecular formula is C19H18N2O4. The van der Waals surface area contributed by atoms with E-state index in [0.717, 1.165) is 30.8 Å². The van der Waals surface area contributed by atoms with Crippen molar-refractivity contribution in [2.45, 2.75) is 25.9 Å². The number of ether oxygens (including phenoxy) is 2. The maximum Gasteiger partial charge on any atom is 0.265 e. The molecule has 2 aromatic rings. The fraction of sp³-hybridized carbons (Fsp3) is 0.263. The van der Waals surface area contributed by atoms with Crippen LogP contribution in [-0.4, -0.2) is 24.5 Å². The molecule has 0 saturated carbocycles. The molecular weight excluding hydrogens is 320 g/mol. The van der Waals surface area contributed by atoms with Crippen LogP contribution in [0.2, 0.25) is 0 Å². The standard InChI is InChI=1S/C19H18N2O4/c1-11-18(22)21-15-6-2-5-14(17(15)25-11)19(23)20-13-7-8-16-12(10-13)4-3-9-24-16/h2,5-8,10-11H,3-4,9H2,1H3,(H,20,23)(H,21,22)/t11-/m0/s1. The van der Waals surface area contributed by atoms with E-state index in [1.165, 1.54) is 0 Å². The summed E-state index contributed by atoms with van der Waals surface area (Å²) in [5.41, 5.74) is 2.70. The maximum atomic E-state index is 12.7. The zero-order valence-electron chi connectivity index (χ0n) is 13.8. The second-order valence-corrected chi connectivity index (χ2v) is 6.16. The molecule has 2 heterocycles. The first-order valence-electron chi connectivity index (χ1n) is 8.29. The van der Waals surface area contributed by atoms with Gasteiger partial charge >= 0.3 is 0 Å². The number of aryl methyl sites for hydroxylation is 1. The molecule has 25 heavy (non-hydrogen) atoms. The third kappa shape index (κ3) is 2.91. The van der Waals surface area contributed by atoms with Crippen LogP contribution in [0, 0.1) is 0 Å². The molecule has 0 saturated heterocycles. The summed E-state index contributed by atoms with van der Waals surface area (Å²) in [6.07, 6.45) is 1.27. The second kappa shape index (κ2) is 6.12. The molecule has 0 fully saturated rings. The minimum atomic E-state index is -0.637. The molecule has 0 radical (unpaired) electrons. The molecule has 6 heteroatoms. The van der Waals surface area contributed by atoms with Crippen LogP contribution in [0.3, 0.4) is 0 Å². The van der Waals surface area contributed by atoms with Gasteiger partial charge in [0.15, 0.2) is 11.9 Å². The number of fused-ring (bicyclic) bond motifs is 2. The lowest BCUT2D eigenvalue weighted by Crippen LogP contribution is -2.35. The minimum Gasteiger partial charge on any atom is -0.493 e. The molecule has 128 valence electrons. The highest BCUT2D eigenvalue weighted by molar-refractivity contribution is 6.09. The second-order valence-electron chi connectivity index (χ2n) is 6.16.